The van der Waals surface area contributed by atoms with Crippen LogP contribution < -0.4 is 0 Å². The third-order valence-electron chi connectivity index (χ3n) is 5.17. The Balaban J connectivity index is 1.80. The van der Waals surface area contributed by atoms with Crippen LogP contribution in [0, 0.1) is 0 Å². The van der Waals surface area contributed by atoms with Gasteiger partial charge >= 0.3 is 0 Å². The van der Waals surface area contributed by atoms with Gasteiger partial charge in [0.2, 0.25) is 10.0 Å². The topological polar surface area (TPSA) is 70.1 Å². The van der Waals surface area contributed by atoms with Gasteiger partial charge in [0.25, 0.3) is 0 Å². The Morgan fingerprint density at radius 1 is 1.14 bits per heavy atom. The predicted octanol–water partition coefficient (Wildman–Crippen LogP) is 2.35. The number of sulfonamides is 1. The SMILES string of the molecule is C[C@H](CO)N(CCN1CCOCC1)S(=O)(=O)c1ccc(-c2ccccc2S)cc1. The molecule has 0 unspecified atom stereocenters. The van der Waals surface area contributed by atoms with Gasteiger partial charge in [-0.3, -0.25) is 4.90 Å². The zero-order valence-electron chi connectivity index (χ0n) is 16.6. The average Bonchev–Trinajstić information content (AvgIpc) is 2.74. The summed E-state index contributed by atoms with van der Waals surface area (Å²) < 4.78 is 33.3. The lowest BCUT2D eigenvalue weighted by Crippen LogP contribution is -2.47. The lowest BCUT2D eigenvalue weighted by molar-refractivity contribution is 0.0346. The van der Waals surface area contributed by atoms with E-state index in [4.69, 9.17) is 4.74 Å². The van der Waals surface area contributed by atoms with Crippen LogP contribution in [0.2, 0.25) is 0 Å². The number of aliphatic hydroxyl groups excluding tert-OH is 1. The highest BCUT2D eigenvalue weighted by Gasteiger charge is 2.29. The molecule has 2 aromatic carbocycles. The Labute approximate surface area is 178 Å². The highest BCUT2D eigenvalue weighted by Crippen LogP contribution is 2.28. The molecule has 1 aliphatic rings. The molecule has 1 heterocycles. The molecular formula is C21H28N2O4S2. The first-order chi connectivity index (χ1) is 13.9. The molecule has 8 heteroatoms. The van der Waals surface area contributed by atoms with Crippen molar-refractivity contribution in [2.24, 2.45) is 0 Å². The van der Waals surface area contributed by atoms with Gasteiger partial charge in [-0.1, -0.05) is 30.3 Å². The maximum Gasteiger partial charge on any atom is 0.243 e. The average molecular weight is 437 g/mol. The number of thiol groups is 1. The van der Waals surface area contributed by atoms with E-state index in [1.807, 2.05) is 24.3 Å². The Hall–Kier alpha value is -1.42. The summed E-state index contributed by atoms with van der Waals surface area (Å²) in [6.07, 6.45) is 0. The van der Waals surface area contributed by atoms with Gasteiger partial charge in [0.05, 0.1) is 24.7 Å². The van der Waals surface area contributed by atoms with Crippen LogP contribution >= 0.6 is 12.6 Å². The van der Waals surface area contributed by atoms with Gasteiger partial charge in [-0.05, 0) is 36.2 Å². The Bertz CT molecular complexity index is 897. The molecule has 0 aliphatic carbocycles. The van der Waals surface area contributed by atoms with Crippen LogP contribution in [0.4, 0.5) is 0 Å². The molecule has 29 heavy (non-hydrogen) atoms. The second-order valence-electron chi connectivity index (χ2n) is 7.14. The molecule has 3 rings (SSSR count). The minimum atomic E-state index is -3.73. The fraction of sp³-hybridized carbons (Fsp3) is 0.429. The molecule has 158 valence electrons. The van der Waals surface area contributed by atoms with Gasteiger partial charge in [-0.15, -0.1) is 12.6 Å². The number of benzene rings is 2. The zero-order chi connectivity index (χ0) is 20.9. The smallest absolute Gasteiger partial charge is 0.243 e. The maximum atomic E-state index is 13.3. The molecular weight excluding hydrogens is 408 g/mol. The van der Waals surface area contributed by atoms with Crippen molar-refractivity contribution in [3.63, 3.8) is 0 Å². The van der Waals surface area contributed by atoms with E-state index in [-0.39, 0.29) is 11.5 Å². The minimum absolute atomic E-state index is 0.222. The molecule has 0 saturated carbocycles. The molecule has 1 atom stereocenters. The lowest BCUT2D eigenvalue weighted by atomic mass is 10.1. The molecule has 2 aromatic rings. The summed E-state index contributed by atoms with van der Waals surface area (Å²) in [7, 11) is -3.73. The van der Waals surface area contributed by atoms with E-state index in [2.05, 4.69) is 17.5 Å². The van der Waals surface area contributed by atoms with Gasteiger partial charge in [0.1, 0.15) is 0 Å². The first-order valence-corrected chi connectivity index (χ1v) is 11.6. The van der Waals surface area contributed by atoms with Crippen LogP contribution in [-0.2, 0) is 14.8 Å². The van der Waals surface area contributed by atoms with Crippen molar-refractivity contribution in [1.82, 2.24) is 9.21 Å². The van der Waals surface area contributed by atoms with Crippen LogP contribution in [0.1, 0.15) is 6.92 Å². The third-order valence-corrected chi connectivity index (χ3v) is 7.59. The van der Waals surface area contributed by atoms with E-state index >= 15 is 0 Å². The van der Waals surface area contributed by atoms with Gasteiger partial charge < -0.3 is 9.84 Å². The van der Waals surface area contributed by atoms with E-state index in [1.165, 1.54) is 4.31 Å². The summed E-state index contributed by atoms with van der Waals surface area (Å²) in [6.45, 7) is 5.34. The molecule has 1 saturated heterocycles. The van der Waals surface area contributed by atoms with Crippen molar-refractivity contribution < 1.29 is 18.3 Å². The number of hydrogen-bond donors (Lipinski definition) is 2. The fourth-order valence-corrected chi connectivity index (χ4v) is 5.30. The van der Waals surface area contributed by atoms with Crippen LogP contribution in [0.15, 0.2) is 58.3 Å². The normalized spacial score (nSPS) is 16.8. The van der Waals surface area contributed by atoms with Crippen molar-refractivity contribution in [2.75, 3.05) is 46.0 Å². The molecule has 0 radical (unpaired) electrons. The summed E-state index contributed by atoms with van der Waals surface area (Å²) in [5, 5.41) is 9.63. The van der Waals surface area contributed by atoms with Crippen LogP contribution in [0.3, 0.4) is 0 Å². The van der Waals surface area contributed by atoms with Crippen LogP contribution in [-0.4, -0.2) is 74.8 Å². The standard InChI is InChI=1S/C21H28N2O4S2/c1-17(16-24)23(11-10-22-12-14-27-15-13-22)29(25,26)19-8-6-18(7-9-19)20-4-2-3-5-21(20)28/h2-9,17,24,28H,10-16H2,1H3/t17-/m1/s1. The number of nitrogens with zero attached hydrogens (tertiary/aromatic N) is 2. The number of rotatable bonds is 8. The number of morpholine rings is 1. The monoisotopic (exact) mass is 436 g/mol. The van der Waals surface area contributed by atoms with Gasteiger partial charge in [0, 0.05) is 37.1 Å². The predicted molar refractivity (Wildman–Crippen MR) is 117 cm³/mol. The molecule has 1 fully saturated rings. The first kappa shape index (κ1) is 22.3. The van der Waals surface area contributed by atoms with E-state index in [9.17, 15) is 13.5 Å². The lowest BCUT2D eigenvalue weighted by Gasteiger charge is -2.32. The quantitative estimate of drug-likeness (QED) is 0.622. The number of aliphatic hydroxyl groups is 1. The zero-order valence-corrected chi connectivity index (χ0v) is 18.3. The molecule has 0 bridgehead atoms. The second-order valence-corrected chi connectivity index (χ2v) is 9.52. The summed E-state index contributed by atoms with van der Waals surface area (Å²) >= 11 is 4.47. The molecule has 0 aromatic heterocycles. The summed E-state index contributed by atoms with van der Waals surface area (Å²) in [4.78, 5) is 3.24. The fourth-order valence-electron chi connectivity index (χ4n) is 3.39. The number of hydrogen-bond acceptors (Lipinski definition) is 6. The third kappa shape index (κ3) is 5.39. The maximum absolute atomic E-state index is 13.3. The Morgan fingerprint density at radius 3 is 2.41 bits per heavy atom. The van der Waals surface area contributed by atoms with Crippen molar-refractivity contribution in [3.05, 3.63) is 48.5 Å². The van der Waals surface area contributed by atoms with Crippen molar-refractivity contribution in [1.29, 1.82) is 0 Å². The molecule has 0 spiro atoms. The highest BCUT2D eigenvalue weighted by atomic mass is 32.2. The summed E-state index contributed by atoms with van der Waals surface area (Å²) in [5.41, 5.74) is 1.86. The molecule has 1 N–H and O–H groups in total. The van der Waals surface area contributed by atoms with Crippen LogP contribution in [0.25, 0.3) is 11.1 Å². The first-order valence-electron chi connectivity index (χ1n) is 9.74. The van der Waals surface area contributed by atoms with Gasteiger partial charge in [-0.25, -0.2) is 8.42 Å². The molecule has 0 amide bonds. The highest BCUT2D eigenvalue weighted by molar-refractivity contribution is 7.89. The Morgan fingerprint density at radius 2 is 1.79 bits per heavy atom. The number of ether oxygens (including phenoxy) is 1. The summed E-state index contributed by atoms with van der Waals surface area (Å²) in [5.74, 6) is 0. The summed E-state index contributed by atoms with van der Waals surface area (Å²) in [6, 6.07) is 14.0. The van der Waals surface area contributed by atoms with Crippen LogP contribution in [0.5, 0.6) is 0 Å². The van der Waals surface area contributed by atoms with E-state index in [0.29, 0.717) is 26.3 Å². The van der Waals surface area contributed by atoms with Crippen molar-refractivity contribution in [2.45, 2.75) is 22.8 Å². The molecule has 6 nitrogen and oxygen atoms in total. The largest absolute Gasteiger partial charge is 0.395 e. The van der Waals surface area contributed by atoms with E-state index in [0.717, 1.165) is 29.1 Å². The van der Waals surface area contributed by atoms with Gasteiger partial charge in [0.15, 0.2) is 0 Å². The van der Waals surface area contributed by atoms with Gasteiger partial charge in [-0.2, -0.15) is 4.31 Å². The second kappa shape index (κ2) is 10.1. The van der Waals surface area contributed by atoms with Crippen molar-refractivity contribution >= 4 is 22.7 Å². The van der Waals surface area contributed by atoms with E-state index < -0.39 is 16.1 Å². The van der Waals surface area contributed by atoms with E-state index in [1.54, 1.807) is 31.2 Å². The molecule has 1 aliphatic heterocycles. The minimum Gasteiger partial charge on any atom is -0.395 e. The van der Waals surface area contributed by atoms with Crippen molar-refractivity contribution in [3.8, 4) is 11.1 Å². The Kier molecular flexibility index (Phi) is 7.72.